The summed E-state index contributed by atoms with van der Waals surface area (Å²) in [5.41, 5.74) is -1.64. The van der Waals surface area contributed by atoms with E-state index in [0.717, 1.165) is 6.92 Å². The van der Waals surface area contributed by atoms with Crippen LogP contribution in [0.15, 0.2) is 24.3 Å². The van der Waals surface area contributed by atoms with Crippen molar-refractivity contribution in [2.24, 2.45) is 0 Å². The first-order valence-corrected chi connectivity index (χ1v) is 5.93. The Morgan fingerprint density at radius 1 is 1.38 bits per heavy atom. The molecular weight excluding hydrogens is 282 g/mol. The number of carboxylic acid groups (broad SMARTS) is 1. The fourth-order valence-electron chi connectivity index (χ4n) is 1.35. The fraction of sp³-hybridized carbons (Fsp3) is 0.333. The lowest BCUT2D eigenvalue weighted by molar-refractivity contribution is -0.384. The topological polar surface area (TPSA) is 142 Å². The van der Waals surface area contributed by atoms with Crippen molar-refractivity contribution in [3.63, 3.8) is 0 Å². The molecule has 0 spiro atoms. The number of nitro groups is 1. The van der Waals surface area contributed by atoms with Crippen molar-refractivity contribution < 1.29 is 24.7 Å². The summed E-state index contributed by atoms with van der Waals surface area (Å²) >= 11 is 0. The highest BCUT2D eigenvalue weighted by Gasteiger charge is 2.30. The zero-order valence-corrected chi connectivity index (χ0v) is 11.2. The van der Waals surface area contributed by atoms with Crippen molar-refractivity contribution in [1.29, 1.82) is 0 Å². The minimum atomic E-state index is -2.07. The lowest BCUT2D eigenvalue weighted by Crippen LogP contribution is -2.48. The van der Waals surface area contributed by atoms with Crippen LogP contribution in [-0.2, 0) is 11.3 Å². The average Bonchev–Trinajstić information content (AvgIpc) is 2.43. The Labute approximate surface area is 119 Å². The third-order valence-electron chi connectivity index (χ3n) is 2.63. The van der Waals surface area contributed by atoms with Crippen LogP contribution >= 0.6 is 0 Å². The first-order valence-electron chi connectivity index (χ1n) is 5.93. The normalized spacial score (nSPS) is 13.0. The van der Waals surface area contributed by atoms with Gasteiger partial charge in [-0.2, -0.15) is 0 Å². The zero-order valence-electron chi connectivity index (χ0n) is 11.2. The van der Waals surface area contributed by atoms with Crippen molar-refractivity contribution in [3.8, 4) is 0 Å². The number of carboxylic acids is 1. The van der Waals surface area contributed by atoms with Gasteiger partial charge >= 0.3 is 12.0 Å². The van der Waals surface area contributed by atoms with Crippen LogP contribution in [0.25, 0.3) is 0 Å². The summed E-state index contributed by atoms with van der Waals surface area (Å²) in [5.74, 6) is -1.46. The molecule has 0 aliphatic rings. The van der Waals surface area contributed by atoms with Gasteiger partial charge in [-0.05, 0) is 12.5 Å². The second kappa shape index (κ2) is 6.66. The molecule has 0 aliphatic carbocycles. The monoisotopic (exact) mass is 297 g/mol. The molecule has 1 rings (SSSR count). The summed E-state index contributed by atoms with van der Waals surface area (Å²) in [5, 5.41) is 33.3. The third-order valence-corrected chi connectivity index (χ3v) is 2.63. The van der Waals surface area contributed by atoms with Crippen molar-refractivity contribution in [2.75, 3.05) is 6.54 Å². The largest absolute Gasteiger partial charge is 0.479 e. The van der Waals surface area contributed by atoms with Crippen LogP contribution < -0.4 is 10.6 Å². The molecule has 2 amide bonds. The number of urea groups is 1. The Bertz CT molecular complexity index is 558. The van der Waals surface area contributed by atoms with E-state index in [2.05, 4.69) is 10.6 Å². The second-order valence-electron chi connectivity index (χ2n) is 4.54. The summed E-state index contributed by atoms with van der Waals surface area (Å²) in [7, 11) is 0. The van der Waals surface area contributed by atoms with Crippen LogP contribution in [0.3, 0.4) is 0 Å². The van der Waals surface area contributed by atoms with Gasteiger partial charge in [0.2, 0.25) is 0 Å². The standard InChI is InChI=1S/C12H15N3O6/c1-12(19,10(16)17)7-14-11(18)13-6-8-3-2-4-9(5-8)15(20)21/h2-5,19H,6-7H2,1H3,(H,16,17)(H2,13,14,18). The summed E-state index contributed by atoms with van der Waals surface area (Å²) in [6.45, 7) is 0.613. The predicted octanol–water partition coefficient (Wildman–Crippen LogP) is 0.230. The lowest BCUT2D eigenvalue weighted by atomic mass is 10.1. The van der Waals surface area contributed by atoms with Crippen LogP contribution in [0.4, 0.5) is 10.5 Å². The van der Waals surface area contributed by atoms with Crippen molar-refractivity contribution >= 4 is 17.7 Å². The quantitative estimate of drug-likeness (QED) is 0.437. The van der Waals surface area contributed by atoms with Crippen LogP contribution in [0.5, 0.6) is 0 Å². The maximum atomic E-state index is 11.4. The molecule has 0 saturated carbocycles. The fourth-order valence-corrected chi connectivity index (χ4v) is 1.35. The maximum Gasteiger partial charge on any atom is 0.337 e. The first-order chi connectivity index (χ1) is 9.72. The van der Waals surface area contributed by atoms with E-state index < -0.39 is 29.1 Å². The van der Waals surface area contributed by atoms with Crippen LogP contribution in [0.1, 0.15) is 12.5 Å². The van der Waals surface area contributed by atoms with E-state index >= 15 is 0 Å². The number of amides is 2. The Morgan fingerprint density at radius 3 is 2.62 bits per heavy atom. The number of hydrogen-bond acceptors (Lipinski definition) is 5. The van der Waals surface area contributed by atoms with Gasteiger partial charge in [0.05, 0.1) is 11.5 Å². The van der Waals surface area contributed by atoms with Crippen molar-refractivity contribution in [1.82, 2.24) is 10.6 Å². The Morgan fingerprint density at radius 2 is 2.05 bits per heavy atom. The van der Waals surface area contributed by atoms with Crippen molar-refractivity contribution in [3.05, 3.63) is 39.9 Å². The van der Waals surface area contributed by atoms with E-state index in [0.29, 0.717) is 5.56 Å². The molecular formula is C12H15N3O6. The molecule has 1 atom stereocenters. The molecule has 0 fully saturated rings. The van der Waals surface area contributed by atoms with Gasteiger partial charge in [-0.3, -0.25) is 10.1 Å². The molecule has 1 aromatic rings. The van der Waals surface area contributed by atoms with Crippen LogP contribution in [0.2, 0.25) is 0 Å². The smallest absolute Gasteiger partial charge is 0.337 e. The molecule has 0 bridgehead atoms. The summed E-state index contributed by atoms with van der Waals surface area (Å²) in [4.78, 5) is 32.1. The molecule has 1 aromatic carbocycles. The second-order valence-corrected chi connectivity index (χ2v) is 4.54. The molecule has 0 radical (unpaired) electrons. The summed E-state index contributed by atoms with van der Waals surface area (Å²) in [6.07, 6.45) is 0. The summed E-state index contributed by atoms with van der Waals surface area (Å²) in [6, 6.07) is 5.03. The number of rotatable bonds is 6. The number of carbonyl (C=O) groups excluding carboxylic acids is 1. The molecule has 9 nitrogen and oxygen atoms in total. The first kappa shape index (κ1) is 16.4. The van der Waals surface area contributed by atoms with Gasteiger partial charge in [0.25, 0.3) is 5.69 Å². The Balaban J connectivity index is 2.48. The molecule has 0 aliphatic heterocycles. The molecule has 21 heavy (non-hydrogen) atoms. The molecule has 0 saturated heterocycles. The third kappa shape index (κ3) is 5.07. The van der Waals surface area contributed by atoms with E-state index in [1.807, 2.05) is 0 Å². The van der Waals surface area contributed by atoms with Gasteiger partial charge in [-0.1, -0.05) is 12.1 Å². The van der Waals surface area contributed by atoms with E-state index in [4.69, 9.17) is 5.11 Å². The maximum absolute atomic E-state index is 11.4. The van der Waals surface area contributed by atoms with Gasteiger partial charge < -0.3 is 20.8 Å². The molecule has 114 valence electrons. The minimum absolute atomic E-state index is 0.0305. The molecule has 0 heterocycles. The Kier molecular flexibility index (Phi) is 5.19. The molecule has 1 unspecified atom stereocenters. The zero-order chi connectivity index (χ0) is 16.0. The van der Waals surface area contributed by atoms with E-state index in [-0.39, 0.29) is 12.2 Å². The van der Waals surface area contributed by atoms with Gasteiger partial charge in [-0.25, -0.2) is 9.59 Å². The predicted molar refractivity (Wildman–Crippen MR) is 71.6 cm³/mol. The minimum Gasteiger partial charge on any atom is -0.479 e. The number of carbonyl (C=O) groups is 2. The van der Waals surface area contributed by atoms with E-state index in [1.54, 1.807) is 6.07 Å². The highest BCUT2D eigenvalue weighted by Crippen LogP contribution is 2.12. The number of hydrogen-bond donors (Lipinski definition) is 4. The van der Waals surface area contributed by atoms with Crippen LogP contribution in [-0.4, -0.2) is 39.3 Å². The molecule has 9 heteroatoms. The summed E-state index contributed by atoms with van der Waals surface area (Å²) < 4.78 is 0. The number of benzene rings is 1. The number of nitro benzene ring substituents is 1. The number of aliphatic carboxylic acids is 1. The Hall–Kier alpha value is -2.68. The van der Waals surface area contributed by atoms with E-state index in [9.17, 15) is 24.8 Å². The number of nitrogens with zero attached hydrogens (tertiary/aromatic N) is 1. The molecule has 4 N–H and O–H groups in total. The lowest BCUT2D eigenvalue weighted by Gasteiger charge is -2.18. The van der Waals surface area contributed by atoms with Gasteiger partial charge in [0, 0.05) is 18.7 Å². The van der Waals surface area contributed by atoms with E-state index in [1.165, 1.54) is 18.2 Å². The van der Waals surface area contributed by atoms with Gasteiger partial charge in [0.15, 0.2) is 5.60 Å². The molecule has 0 aromatic heterocycles. The van der Waals surface area contributed by atoms with Crippen molar-refractivity contribution in [2.45, 2.75) is 19.1 Å². The number of aliphatic hydroxyl groups is 1. The highest BCUT2D eigenvalue weighted by molar-refractivity contribution is 5.79. The number of non-ortho nitro benzene ring substituents is 1. The van der Waals surface area contributed by atoms with Gasteiger partial charge in [-0.15, -0.1) is 0 Å². The SMILES string of the molecule is CC(O)(CNC(=O)NCc1cccc([N+](=O)[O-])c1)C(=O)O. The number of nitrogens with one attached hydrogen (secondary N) is 2. The highest BCUT2D eigenvalue weighted by atomic mass is 16.6. The van der Waals surface area contributed by atoms with Crippen LogP contribution in [0, 0.1) is 10.1 Å². The average molecular weight is 297 g/mol. The van der Waals surface area contributed by atoms with Gasteiger partial charge in [0.1, 0.15) is 0 Å².